The molecule has 0 aliphatic rings. The molecule has 0 aliphatic heterocycles. The average molecular weight is 372 g/mol. The Balaban J connectivity index is 1.62. The van der Waals surface area contributed by atoms with E-state index in [0.717, 1.165) is 20.8 Å². The van der Waals surface area contributed by atoms with Gasteiger partial charge in [0.25, 0.3) is 5.56 Å². The van der Waals surface area contributed by atoms with Gasteiger partial charge in [-0.15, -0.1) is 11.3 Å². The van der Waals surface area contributed by atoms with E-state index < -0.39 is 0 Å². The van der Waals surface area contributed by atoms with Gasteiger partial charge >= 0.3 is 0 Å². The third kappa shape index (κ3) is 3.75. The van der Waals surface area contributed by atoms with Crippen LogP contribution in [0.4, 0.5) is 0 Å². The van der Waals surface area contributed by atoms with E-state index in [1.807, 2.05) is 19.9 Å². The molecule has 136 valence electrons. The van der Waals surface area contributed by atoms with Crippen molar-refractivity contribution in [2.45, 2.75) is 33.4 Å². The largest absolute Gasteiger partial charge is 0.481 e. The second kappa shape index (κ2) is 7.65. The van der Waals surface area contributed by atoms with Crippen molar-refractivity contribution < 1.29 is 9.53 Å². The minimum Gasteiger partial charge on any atom is -0.481 e. The summed E-state index contributed by atoms with van der Waals surface area (Å²) in [6, 6.07) is 3.58. The zero-order chi connectivity index (χ0) is 18.7. The molecule has 0 saturated carbocycles. The van der Waals surface area contributed by atoms with Crippen molar-refractivity contribution >= 4 is 27.5 Å². The van der Waals surface area contributed by atoms with Crippen molar-refractivity contribution in [3.05, 3.63) is 51.0 Å². The van der Waals surface area contributed by atoms with Crippen molar-refractivity contribution in [3.63, 3.8) is 0 Å². The number of amides is 1. The molecule has 3 rings (SSSR count). The molecule has 8 heteroatoms. The smallest absolute Gasteiger partial charge is 0.262 e. The van der Waals surface area contributed by atoms with Crippen LogP contribution in [0.25, 0.3) is 10.2 Å². The standard InChI is InChI=1S/C18H20N4O3S/c1-11-12(2)26-17-16(11)18(24)22(10-21-17)7-5-14(23)20-9-13-4-6-19-15(8-13)25-3/h4,6,8,10H,5,7,9H2,1-3H3,(H,20,23). The molecule has 7 nitrogen and oxygen atoms in total. The third-order valence-corrected chi connectivity index (χ3v) is 5.35. The fraction of sp³-hybridized carbons (Fsp3) is 0.333. The summed E-state index contributed by atoms with van der Waals surface area (Å²) in [5, 5.41) is 3.49. The van der Waals surface area contributed by atoms with Crippen molar-refractivity contribution in [2.24, 2.45) is 0 Å². The molecule has 1 N–H and O–H groups in total. The van der Waals surface area contributed by atoms with Crippen molar-refractivity contribution in [2.75, 3.05) is 7.11 Å². The highest BCUT2D eigenvalue weighted by molar-refractivity contribution is 7.18. The van der Waals surface area contributed by atoms with Crippen molar-refractivity contribution in [3.8, 4) is 5.88 Å². The highest BCUT2D eigenvalue weighted by atomic mass is 32.1. The number of nitrogens with one attached hydrogen (secondary N) is 1. The molecule has 0 saturated heterocycles. The van der Waals surface area contributed by atoms with Crippen LogP contribution >= 0.6 is 11.3 Å². The Morgan fingerprint density at radius 1 is 1.35 bits per heavy atom. The molecule has 0 atom stereocenters. The molecular weight excluding hydrogens is 352 g/mol. The number of carbonyl (C=O) groups excluding carboxylic acids is 1. The van der Waals surface area contributed by atoms with E-state index in [1.54, 1.807) is 19.4 Å². The molecule has 0 spiro atoms. The summed E-state index contributed by atoms with van der Waals surface area (Å²) in [5.41, 5.74) is 1.77. The van der Waals surface area contributed by atoms with Gasteiger partial charge in [0.1, 0.15) is 4.83 Å². The van der Waals surface area contributed by atoms with E-state index in [1.165, 1.54) is 22.2 Å². The van der Waals surface area contributed by atoms with Crippen LogP contribution in [0.2, 0.25) is 0 Å². The van der Waals surface area contributed by atoms with Gasteiger partial charge in [-0.2, -0.15) is 0 Å². The second-order valence-corrected chi connectivity index (χ2v) is 7.14. The lowest BCUT2D eigenvalue weighted by molar-refractivity contribution is -0.121. The van der Waals surface area contributed by atoms with E-state index in [0.29, 0.717) is 24.4 Å². The van der Waals surface area contributed by atoms with Crippen LogP contribution in [0.5, 0.6) is 5.88 Å². The van der Waals surface area contributed by atoms with Crippen LogP contribution in [0.1, 0.15) is 22.4 Å². The Kier molecular flexibility index (Phi) is 5.32. The number of hydrogen-bond acceptors (Lipinski definition) is 6. The first kappa shape index (κ1) is 18.1. The minimum atomic E-state index is -0.133. The number of aryl methyl sites for hydroxylation is 3. The average Bonchev–Trinajstić information content (AvgIpc) is 2.94. The number of fused-ring (bicyclic) bond motifs is 1. The number of ether oxygens (including phenoxy) is 1. The van der Waals surface area contributed by atoms with Gasteiger partial charge in [0, 0.05) is 36.7 Å². The second-order valence-electron chi connectivity index (χ2n) is 5.94. The summed E-state index contributed by atoms with van der Waals surface area (Å²) in [5.74, 6) is 0.370. The maximum Gasteiger partial charge on any atom is 0.262 e. The number of aromatic nitrogens is 3. The molecule has 0 unspecified atom stereocenters. The number of rotatable bonds is 6. The maximum absolute atomic E-state index is 12.6. The van der Waals surface area contributed by atoms with E-state index in [2.05, 4.69) is 15.3 Å². The van der Waals surface area contributed by atoms with Gasteiger partial charge in [-0.3, -0.25) is 14.2 Å². The van der Waals surface area contributed by atoms with Crippen LogP contribution in [0.3, 0.4) is 0 Å². The van der Waals surface area contributed by atoms with Gasteiger partial charge in [0.05, 0.1) is 18.8 Å². The molecule has 0 aromatic carbocycles. The molecule has 0 radical (unpaired) electrons. The molecule has 3 aromatic heterocycles. The Labute approximate surface area is 154 Å². The van der Waals surface area contributed by atoms with Gasteiger partial charge in [0.15, 0.2) is 0 Å². The van der Waals surface area contributed by atoms with Gasteiger partial charge in [0.2, 0.25) is 11.8 Å². The molecule has 0 aliphatic carbocycles. The SMILES string of the molecule is COc1cc(CNC(=O)CCn2cnc3sc(C)c(C)c3c2=O)ccn1. The van der Waals surface area contributed by atoms with Crippen LogP contribution in [0.15, 0.2) is 29.5 Å². The van der Waals surface area contributed by atoms with Crippen molar-refractivity contribution in [1.82, 2.24) is 19.9 Å². The number of nitrogens with zero attached hydrogens (tertiary/aromatic N) is 3. The topological polar surface area (TPSA) is 86.1 Å². The van der Waals surface area contributed by atoms with E-state index in [9.17, 15) is 9.59 Å². The van der Waals surface area contributed by atoms with Gasteiger partial charge in [-0.25, -0.2) is 9.97 Å². The van der Waals surface area contributed by atoms with Crippen LogP contribution < -0.4 is 15.6 Å². The lowest BCUT2D eigenvalue weighted by Crippen LogP contribution is -2.27. The minimum absolute atomic E-state index is 0.0940. The summed E-state index contributed by atoms with van der Waals surface area (Å²) in [6.07, 6.45) is 3.35. The number of thiophene rings is 1. The molecule has 1 amide bonds. The van der Waals surface area contributed by atoms with Crippen LogP contribution in [-0.2, 0) is 17.9 Å². The van der Waals surface area contributed by atoms with Crippen LogP contribution in [-0.4, -0.2) is 27.6 Å². The Bertz CT molecular complexity index is 1010. The third-order valence-electron chi connectivity index (χ3n) is 4.23. The first-order valence-corrected chi connectivity index (χ1v) is 9.02. The van der Waals surface area contributed by atoms with Crippen LogP contribution in [0, 0.1) is 13.8 Å². The van der Waals surface area contributed by atoms with E-state index >= 15 is 0 Å². The summed E-state index contributed by atoms with van der Waals surface area (Å²) in [7, 11) is 1.55. The number of pyridine rings is 1. The molecule has 3 heterocycles. The number of hydrogen-bond donors (Lipinski definition) is 1. The fourth-order valence-electron chi connectivity index (χ4n) is 2.61. The van der Waals surface area contributed by atoms with E-state index in [4.69, 9.17) is 4.74 Å². The quantitative estimate of drug-likeness (QED) is 0.717. The zero-order valence-electron chi connectivity index (χ0n) is 14.9. The molecular formula is C18H20N4O3S. The predicted molar refractivity (Wildman–Crippen MR) is 101 cm³/mol. The summed E-state index contributed by atoms with van der Waals surface area (Å²) in [6.45, 7) is 4.58. The summed E-state index contributed by atoms with van der Waals surface area (Å²) >= 11 is 1.52. The molecule has 0 fully saturated rings. The Morgan fingerprint density at radius 3 is 2.92 bits per heavy atom. The van der Waals surface area contributed by atoms with Crippen molar-refractivity contribution in [1.29, 1.82) is 0 Å². The molecule has 3 aromatic rings. The number of carbonyl (C=O) groups is 1. The van der Waals surface area contributed by atoms with Gasteiger partial charge in [-0.1, -0.05) is 0 Å². The normalized spacial score (nSPS) is 10.9. The monoisotopic (exact) mass is 372 g/mol. The maximum atomic E-state index is 12.6. The Morgan fingerprint density at radius 2 is 2.15 bits per heavy atom. The lowest BCUT2D eigenvalue weighted by Gasteiger charge is -2.08. The predicted octanol–water partition coefficient (Wildman–Crippen LogP) is 2.18. The lowest BCUT2D eigenvalue weighted by atomic mass is 10.2. The zero-order valence-corrected chi connectivity index (χ0v) is 15.7. The summed E-state index contributed by atoms with van der Waals surface area (Å²) in [4.78, 5) is 34.9. The summed E-state index contributed by atoms with van der Waals surface area (Å²) < 4.78 is 6.56. The van der Waals surface area contributed by atoms with Gasteiger partial charge < -0.3 is 10.1 Å². The fourth-order valence-corrected chi connectivity index (χ4v) is 3.60. The Hall–Kier alpha value is -2.74. The van der Waals surface area contributed by atoms with E-state index in [-0.39, 0.29) is 17.9 Å². The number of methoxy groups -OCH3 is 1. The molecule has 0 bridgehead atoms. The highest BCUT2D eigenvalue weighted by Crippen LogP contribution is 2.25. The molecule has 26 heavy (non-hydrogen) atoms. The highest BCUT2D eigenvalue weighted by Gasteiger charge is 2.12. The van der Waals surface area contributed by atoms with Gasteiger partial charge in [-0.05, 0) is 31.0 Å². The first-order valence-electron chi connectivity index (χ1n) is 8.20. The first-order chi connectivity index (χ1) is 12.5.